The van der Waals surface area contributed by atoms with E-state index in [1.807, 2.05) is 14.1 Å². The van der Waals surface area contributed by atoms with Gasteiger partial charge in [-0.3, -0.25) is 4.79 Å². The summed E-state index contributed by atoms with van der Waals surface area (Å²) in [6, 6.07) is 0. The summed E-state index contributed by atoms with van der Waals surface area (Å²) in [6.07, 6.45) is 2.11. The molecular formula is C8H17N2O+. The Morgan fingerprint density at radius 2 is 1.91 bits per heavy atom. The van der Waals surface area contributed by atoms with Gasteiger partial charge < -0.3 is 10.2 Å². The van der Waals surface area contributed by atoms with E-state index in [0.717, 1.165) is 25.9 Å². The van der Waals surface area contributed by atoms with Gasteiger partial charge in [0.05, 0.1) is 13.1 Å². The average molecular weight is 157 g/mol. The first-order valence-electron chi connectivity index (χ1n) is 4.24. The van der Waals surface area contributed by atoms with Crippen LogP contribution in [0.3, 0.4) is 0 Å². The molecule has 0 atom stereocenters. The minimum absolute atomic E-state index is 0.301. The Kier molecular flexibility index (Phi) is 2.88. The molecular weight excluding hydrogens is 140 g/mol. The monoisotopic (exact) mass is 157 g/mol. The van der Waals surface area contributed by atoms with Gasteiger partial charge in [0.25, 0.3) is 0 Å². The van der Waals surface area contributed by atoms with Crippen molar-refractivity contribution in [1.82, 2.24) is 4.90 Å². The molecule has 0 aromatic rings. The van der Waals surface area contributed by atoms with E-state index >= 15 is 0 Å². The van der Waals surface area contributed by atoms with Gasteiger partial charge in [0, 0.05) is 32.9 Å². The fourth-order valence-corrected chi connectivity index (χ4v) is 1.54. The molecule has 1 saturated heterocycles. The molecule has 0 aromatic carbocycles. The van der Waals surface area contributed by atoms with Gasteiger partial charge in [0.15, 0.2) is 0 Å². The van der Waals surface area contributed by atoms with Crippen LogP contribution in [-0.2, 0) is 4.79 Å². The van der Waals surface area contributed by atoms with Crippen LogP contribution in [0.4, 0.5) is 0 Å². The second-order valence-corrected chi connectivity index (χ2v) is 3.37. The van der Waals surface area contributed by atoms with Crippen LogP contribution in [0, 0.1) is 5.92 Å². The third-order valence-corrected chi connectivity index (χ3v) is 2.23. The SMILES string of the molecule is CN(C)C(=O)C1CC[NH2+]CC1. The maximum absolute atomic E-state index is 11.4. The molecule has 0 saturated carbocycles. The van der Waals surface area contributed by atoms with Crippen LogP contribution < -0.4 is 5.32 Å². The standard InChI is InChI=1S/C8H16N2O/c1-10(2)8(11)7-3-5-9-6-4-7/h7,9H,3-6H2,1-2H3/p+1. The number of amides is 1. The second kappa shape index (κ2) is 3.72. The van der Waals surface area contributed by atoms with Crippen molar-refractivity contribution in [2.24, 2.45) is 5.92 Å². The van der Waals surface area contributed by atoms with E-state index in [0.29, 0.717) is 11.8 Å². The highest BCUT2D eigenvalue weighted by Crippen LogP contribution is 2.10. The molecule has 64 valence electrons. The fraction of sp³-hybridized carbons (Fsp3) is 0.875. The normalized spacial score (nSPS) is 19.8. The van der Waals surface area contributed by atoms with Crippen molar-refractivity contribution in [3.05, 3.63) is 0 Å². The molecule has 0 radical (unpaired) electrons. The zero-order valence-electron chi connectivity index (χ0n) is 7.34. The van der Waals surface area contributed by atoms with Crippen LogP contribution in [0.1, 0.15) is 12.8 Å². The summed E-state index contributed by atoms with van der Waals surface area (Å²) in [5.74, 6) is 0.605. The number of carbonyl (C=O) groups excluding carboxylic acids is 1. The first-order chi connectivity index (χ1) is 5.22. The first-order valence-corrected chi connectivity index (χ1v) is 4.24. The van der Waals surface area contributed by atoms with Crippen molar-refractivity contribution in [3.63, 3.8) is 0 Å². The van der Waals surface area contributed by atoms with Gasteiger partial charge >= 0.3 is 0 Å². The number of hydrogen-bond donors (Lipinski definition) is 1. The first kappa shape index (κ1) is 8.53. The molecule has 1 aliphatic rings. The predicted octanol–water partition coefficient (Wildman–Crippen LogP) is -0.952. The third kappa shape index (κ3) is 2.19. The minimum Gasteiger partial charge on any atom is -0.349 e. The largest absolute Gasteiger partial charge is 0.349 e. The van der Waals surface area contributed by atoms with Crippen molar-refractivity contribution >= 4 is 5.91 Å². The Balaban J connectivity index is 2.39. The van der Waals surface area contributed by atoms with Gasteiger partial charge in [-0.1, -0.05) is 0 Å². The van der Waals surface area contributed by atoms with Crippen LogP contribution in [-0.4, -0.2) is 38.0 Å². The number of hydrogen-bond acceptors (Lipinski definition) is 1. The molecule has 3 nitrogen and oxygen atoms in total. The number of rotatable bonds is 1. The molecule has 3 heteroatoms. The minimum atomic E-state index is 0.301. The molecule has 1 fully saturated rings. The van der Waals surface area contributed by atoms with E-state index in [2.05, 4.69) is 5.32 Å². The maximum Gasteiger partial charge on any atom is 0.225 e. The molecule has 1 rings (SSSR count). The maximum atomic E-state index is 11.4. The van der Waals surface area contributed by atoms with Crippen molar-refractivity contribution < 1.29 is 10.1 Å². The van der Waals surface area contributed by atoms with Crippen LogP contribution in [0.2, 0.25) is 0 Å². The zero-order valence-corrected chi connectivity index (χ0v) is 7.34. The summed E-state index contributed by atoms with van der Waals surface area (Å²) in [4.78, 5) is 13.1. The summed E-state index contributed by atoms with van der Waals surface area (Å²) >= 11 is 0. The molecule has 2 N–H and O–H groups in total. The second-order valence-electron chi connectivity index (χ2n) is 3.37. The van der Waals surface area contributed by atoms with Crippen LogP contribution in [0.25, 0.3) is 0 Å². The van der Waals surface area contributed by atoms with Gasteiger partial charge in [-0.25, -0.2) is 0 Å². The molecule has 1 amide bonds. The van der Waals surface area contributed by atoms with E-state index in [1.54, 1.807) is 4.90 Å². The van der Waals surface area contributed by atoms with Crippen LogP contribution in [0.5, 0.6) is 0 Å². The fourth-order valence-electron chi connectivity index (χ4n) is 1.54. The highest BCUT2D eigenvalue weighted by molar-refractivity contribution is 5.78. The number of quaternary nitrogens is 1. The van der Waals surface area contributed by atoms with E-state index in [4.69, 9.17) is 0 Å². The molecule has 1 heterocycles. The van der Waals surface area contributed by atoms with Gasteiger partial charge in [-0.05, 0) is 0 Å². The highest BCUT2D eigenvalue weighted by Gasteiger charge is 2.23. The molecule has 0 spiro atoms. The summed E-state index contributed by atoms with van der Waals surface area (Å²) in [5.41, 5.74) is 0. The quantitative estimate of drug-likeness (QED) is 0.523. The van der Waals surface area contributed by atoms with Crippen molar-refractivity contribution in [3.8, 4) is 0 Å². The summed E-state index contributed by atoms with van der Waals surface area (Å²) in [5, 5.41) is 2.28. The van der Waals surface area contributed by atoms with Crippen molar-refractivity contribution in [1.29, 1.82) is 0 Å². The zero-order chi connectivity index (χ0) is 8.27. The lowest BCUT2D eigenvalue weighted by molar-refractivity contribution is -0.664. The molecule has 0 aliphatic carbocycles. The van der Waals surface area contributed by atoms with Gasteiger partial charge in [0.1, 0.15) is 0 Å². The van der Waals surface area contributed by atoms with Gasteiger partial charge in [0.2, 0.25) is 5.91 Å². The number of nitrogens with two attached hydrogens (primary N) is 1. The van der Waals surface area contributed by atoms with Crippen LogP contribution in [0.15, 0.2) is 0 Å². The Morgan fingerprint density at radius 1 is 1.36 bits per heavy atom. The van der Waals surface area contributed by atoms with E-state index in [1.165, 1.54) is 0 Å². The van der Waals surface area contributed by atoms with Crippen LogP contribution >= 0.6 is 0 Å². The summed E-state index contributed by atoms with van der Waals surface area (Å²) in [6.45, 7) is 2.23. The molecule has 0 unspecified atom stereocenters. The van der Waals surface area contributed by atoms with E-state index in [9.17, 15) is 4.79 Å². The molecule has 1 aliphatic heterocycles. The number of carbonyl (C=O) groups is 1. The number of piperidine rings is 1. The molecule has 0 aromatic heterocycles. The summed E-state index contributed by atoms with van der Waals surface area (Å²) < 4.78 is 0. The lowest BCUT2D eigenvalue weighted by atomic mass is 9.97. The van der Waals surface area contributed by atoms with Gasteiger partial charge in [-0.15, -0.1) is 0 Å². The van der Waals surface area contributed by atoms with E-state index < -0.39 is 0 Å². The van der Waals surface area contributed by atoms with Gasteiger partial charge in [-0.2, -0.15) is 0 Å². The topological polar surface area (TPSA) is 36.9 Å². The Hall–Kier alpha value is -0.570. The Bertz CT molecular complexity index is 139. The highest BCUT2D eigenvalue weighted by atomic mass is 16.2. The Labute approximate surface area is 67.8 Å². The van der Waals surface area contributed by atoms with E-state index in [-0.39, 0.29) is 0 Å². The molecule has 0 bridgehead atoms. The lowest BCUT2D eigenvalue weighted by Gasteiger charge is -2.22. The smallest absolute Gasteiger partial charge is 0.225 e. The molecule has 11 heavy (non-hydrogen) atoms. The van der Waals surface area contributed by atoms with Crippen molar-refractivity contribution in [2.45, 2.75) is 12.8 Å². The average Bonchev–Trinajstić information content (AvgIpc) is 2.05. The Morgan fingerprint density at radius 3 is 2.36 bits per heavy atom. The predicted molar refractivity (Wildman–Crippen MR) is 43.1 cm³/mol. The summed E-state index contributed by atoms with van der Waals surface area (Å²) in [7, 11) is 3.67. The number of nitrogens with zero attached hydrogens (tertiary/aromatic N) is 1. The third-order valence-electron chi connectivity index (χ3n) is 2.23. The lowest BCUT2D eigenvalue weighted by Crippen LogP contribution is -2.86. The van der Waals surface area contributed by atoms with Crippen molar-refractivity contribution in [2.75, 3.05) is 27.2 Å².